The lowest BCUT2D eigenvalue weighted by atomic mass is 9.89. The number of carbonyl (C=O) groups is 2. The van der Waals surface area contributed by atoms with Crippen LogP contribution in [-0.2, 0) is 0 Å². The van der Waals surface area contributed by atoms with E-state index in [1.54, 1.807) is 36.3 Å². The maximum atomic E-state index is 13.0. The summed E-state index contributed by atoms with van der Waals surface area (Å²) in [6, 6.07) is 12.4. The summed E-state index contributed by atoms with van der Waals surface area (Å²) >= 11 is 0. The van der Waals surface area contributed by atoms with Gasteiger partial charge in [-0.2, -0.15) is 0 Å². The molecule has 2 aromatic carbocycles. The SMILES string of the molecule is COc1ccc(C(=O)N2CCC3(CC(=O)c4ccccc4O3)C2)cc1OC. The molecule has 4 rings (SSSR count). The number of benzene rings is 2. The number of carbonyl (C=O) groups excluding carboxylic acids is 2. The van der Waals surface area contributed by atoms with E-state index in [2.05, 4.69) is 0 Å². The van der Waals surface area contributed by atoms with Crippen LogP contribution in [0.25, 0.3) is 0 Å². The van der Waals surface area contributed by atoms with Gasteiger partial charge in [-0.15, -0.1) is 0 Å². The van der Waals surface area contributed by atoms with Gasteiger partial charge in [-0.25, -0.2) is 0 Å². The summed E-state index contributed by atoms with van der Waals surface area (Å²) < 4.78 is 16.7. The molecule has 1 fully saturated rings. The van der Waals surface area contributed by atoms with Crippen molar-refractivity contribution in [2.24, 2.45) is 0 Å². The summed E-state index contributed by atoms with van der Waals surface area (Å²) in [5.41, 5.74) is 0.498. The molecule has 6 heteroatoms. The van der Waals surface area contributed by atoms with Gasteiger partial charge in [0.1, 0.15) is 11.4 Å². The highest BCUT2D eigenvalue weighted by molar-refractivity contribution is 6.00. The fraction of sp³-hybridized carbons (Fsp3) is 0.333. The molecule has 140 valence electrons. The third kappa shape index (κ3) is 3.01. The molecule has 0 aliphatic carbocycles. The Kier molecular flexibility index (Phi) is 4.26. The summed E-state index contributed by atoms with van der Waals surface area (Å²) in [4.78, 5) is 27.2. The van der Waals surface area contributed by atoms with Crippen molar-refractivity contribution in [2.45, 2.75) is 18.4 Å². The van der Waals surface area contributed by atoms with Crippen LogP contribution in [0.4, 0.5) is 0 Å². The standard InChI is InChI=1S/C21H21NO5/c1-25-18-8-7-14(11-19(18)26-2)20(24)22-10-9-21(13-22)12-16(23)15-5-3-4-6-17(15)27-21/h3-8,11H,9-10,12-13H2,1-2H3. The molecule has 2 aromatic rings. The highest BCUT2D eigenvalue weighted by atomic mass is 16.5. The van der Waals surface area contributed by atoms with Crippen LogP contribution < -0.4 is 14.2 Å². The molecular formula is C21H21NO5. The van der Waals surface area contributed by atoms with Gasteiger partial charge >= 0.3 is 0 Å². The number of ketones is 1. The van der Waals surface area contributed by atoms with E-state index in [9.17, 15) is 9.59 Å². The minimum atomic E-state index is -0.641. The Hall–Kier alpha value is -3.02. The number of para-hydroxylation sites is 1. The molecule has 0 radical (unpaired) electrons. The van der Waals surface area contributed by atoms with Gasteiger partial charge in [0.2, 0.25) is 0 Å². The minimum absolute atomic E-state index is 0.0669. The predicted molar refractivity (Wildman–Crippen MR) is 98.8 cm³/mol. The van der Waals surface area contributed by atoms with Crippen molar-refractivity contribution in [3.05, 3.63) is 53.6 Å². The molecule has 1 amide bonds. The molecule has 2 aliphatic heterocycles. The van der Waals surface area contributed by atoms with Crippen LogP contribution in [0.5, 0.6) is 17.2 Å². The lowest BCUT2D eigenvalue weighted by Crippen LogP contribution is -2.45. The maximum Gasteiger partial charge on any atom is 0.254 e. The third-order valence-electron chi connectivity index (χ3n) is 5.23. The second-order valence-electron chi connectivity index (χ2n) is 6.93. The highest BCUT2D eigenvalue weighted by Gasteiger charge is 2.47. The molecule has 6 nitrogen and oxygen atoms in total. The Morgan fingerprint density at radius 1 is 1.11 bits per heavy atom. The zero-order valence-corrected chi connectivity index (χ0v) is 15.4. The highest BCUT2D eigenvalue weighted by Crippen LogP contribution is 2.39. The average Bonchev–Trinajstić information content (AvgIpc) is 3.09. The number of fused-ring (bicyclic) bond motifs is 1. The molecule has 1 unspecified atom stereocenters. The summed E-state index contributed by atoms with van der Waals surface area (Å²) in [7, 11) is 3.09. The summed E-state index contributed by atoms with van der Waals surface area (Å²) in [6.45, 7) is 0.933. The first-order chi connectivity index (χ1) is 13.0. The summed E-state index contributed by atoms with van der Waals surface area (Å²) in [6.07, 6.45) is 0.922. The Labute approximate surface area is 157 Å². The zero-order chi connectivity index (χ0) is 19.0. The van der Waals surface area contributed by atoms with E-state index in [0.717, 1.165) is 0 Å². The quantitative estimate of drug-likeness (QED) is 0.835. The van der Waals surface area contributed by atoms with Crippen LogP contribution in [0.3, 0.4) is 0 Å². The number of rotatable bonds is 3. The second-order valence-corrected chi connectivity index (χ2v) is 6.93. The first kappa shape index (κ1) is 17.4. The largest absolute Gasteiger partial charge is 0.493 e. The van der Waals surface area contributed by atoms with Crippen LogP contribution >= 0.6 is 0 Å². The zero-order valence-electron chi connectivity index (χ0n) is 15.4. The normalized spacial score (nSPS) is 21.0. The van der Waals surface area contributed by atoms with E-state index in [1.165, 1.54) is 7.11 Å². The number of nitrogens with zero attached hydrogens (tertiary/aromatic N) is 1. The number of hydrogen-bond donors (Lipinski definition) is 0. The minimum Gasteiger partial charge on any atom is -0.493 e. The fourth-order valence-corrected chi connectivity index (χ4v) is 3.84. The van der Waals surface area contributed by atoms with Crippen molar-refractivity contribution in [3.8, 4) is 17.2 Å². The van der Waals surface area contributed by atoms with E-state index in [0.29, 0.717) is 54.3 Å². The molecule has 1 saturated heterocycles. The van der Waals surface area contributed by atoms with Crippen molar-refractivity contribution in [1.82, 2.24) is 4.90 Å². The molecule has 0 N–H and O–H groups in total. The molecule has 1 spiro atoms. The van der Waals surface area contributed by atoms with Crippen molar-refractivity contribution in [2.75, 3.05) is 27.3 Å². The number of likely N-dealkylation sites (tertiary alicyclic amines) is 1. The molecule has 1 atom stereocenters. The average molecular weight is 367 g/mol. The van der Waals surface area contributed by atoms with Gasteiger partial charge in [-0.05, 0) is 30.3 Å². The van der Waals surface area contributed by atoms with Gasteiger partial charge in [0.15, 0.2) is 17.3 Å². The number of Topliss-reactive ketones (excluding diaryl/α,β-unsaturated/α-hetero) is 1. The summed E-state index contributed by atoms with van der Waals surface area (Å²) in [5, 5.41) is 0. The van der Waals surface area contributed by atoms with Crippen LogP contribution in [0.1, 0.15) is 33.6 Å². The first-order valence-corrected chi connectivity index (χ1v) is 8.88. The van der Waals surface area contributed by atoms with Gasteiger partial charge in [0, 0.05) is 18.5 Å². The van der Waals surface area contributed by atoms with E-state index >= 15 is 0 Å². The lowest BCUT2D eigenvalue weighted by molar-refractivity contribution is 0.0428. The number of amides is 1. The van der Waals surface area contributed by atoms with Gasteiger partial charge in [-0.3, -0.25) is 9.59 Å². The topological polar surface area (TPSA) is 65.1 Å². The Morgan fingerprint density at radius 2 is 1.89 bits per heavy atom. The van der Waals surface area contributed by atoms with E-state index in [-0.39, 0.29) is 11.7 Å². The second kappa shape index (κ2) is 6.61. The van der Waals surface area contributed by atoms with Crippen LogP contribution in [0.15, 0.2) is 42.5 Å². The number of hydrogen-bond acceptors (Lipinski definition) is 5. The van der Waals surface area contributed by atoms with Gasteiger partial charge in [0.25, 0.3) is 5.91 Å². The molecule has 0 bridgehead atoms. The van der Waals surface area contributed by atoms with Crippen LogP contribution in [-0.4, -0.2) is 49.5 Å². The Bertz CT molecular complexity index is 909. The first-order valence-electron chi connectivity index (χ1n) is 8.88. The Balaban J connectivity index is 1.55. The monoisotopic (exact) mass is 367 g/mol. The van der Waals surface area contributed by atoms with E-state index in [4.69, 9.17) is 14.2 Å². The molecule has 0 saturated carbocycles. The predicted octanol–water partition coefficient (Wildman–Crippen LogP) is 2.95. The molecule has 2 heterocycles. The number of ether oxygens (including phenoxy) is 3. The maximum absolute atomic E-state index is 13.0. The van der Waals surface area contributed by atoms with Crippen molar-refractivity contribution < 1.29 is 23.8 Å². The molecular weight excluding hydrogens is 346 g/mol. The van der Waals surface area contributed by atoms with Gasteiger partial charge in [0.05, 0.1) is 32.7 Å². The van der Waals surface area contributed by atoms with E-state index in [1.807, 2.05) is 18.2 Å². The number of methoxy groups -OCH3 is 2. The van der Waals surface area contributed by atoms with Crippen molar-refractivity contribution in [3.63, 3.8) is 0 Å². The molecule has 27 heavy (non-hydrogen) atoms. The smallest absolute Gasteiger partial charge is 0.254 e. The molecule has 2 aliphatic rings. The fourth-order valence-electron chi connectivity index (χ4n) is 3.84. The molecule has 0 aromatic heterocycles. The third-order valence-corrected chi connectivity index (χ3v) is 5.23. The lowest BCUT2D eigenvalue weighted by Gasteiger charge is -2.34. The van der Waals surface area contributed by atoms with Crippen LogP contribution in [0.2, 0.25) is 0 Å². The van der Waals surface area contributed by atoms with E-state index < -0.39 is 5.60 Å². The Morgan fingerprint density at radius 3 is 2.67 bits per heavy atom. The summed E-state index contributed by atoms with van der Waals surface area (Å²) in [5.74, 6) is 1.65. The van der Waals surface area contributed by atoms with Crippen LogP contribution in [0, 0.1) is 0 Å². The van der Waals surface area contributed by atoms with Crippen molar-refractivity contribution >= 4 is 11.7 Å². The van der Waals surface area contributed by atoms with Gasteiger partial charge < -0.3 is 19.1 Å². The van der Waals surface area contributed by atoms with Crippen molar-refractivity contribution in [1.29, 1.82) is 0 Å². The van der Waals surface area contributed by atoms with Gasteiger partial charge in [-0.1, -0.05) is 12.1 Å².